The number of nitrogens with one attached hydrogen (secondary N) is 2. The monoisotopic (exact) mass is 331 g/mol. The molecule has 1 heterocycles. The third-order valence-corrected chi connectivity index (χ3v) is 4.98. The molecule has 1 saturated carbocycles. The lowest BCUT2D eigenvalue weighted by Gasteiger charge is -2.32. The zero-order valence-corrected chi connectivity index (χ0v) is 14.0. The molecule has 0 radical (unpaired) electrons. The van der Waals surface area contributed by atoms with Crippen LogP contribution in [0.25, 0.3) is 0 Å². The van der Waals surface area contributed by atoms with Gasteiger partial charge >= 0.3 is 0 Å². The van der Waals surface area contributed by atoms with Gasteiger partial charge in [-0.15, -0.1) is 12.4 Å². The zero-order valence-electron chi connectivity index (χ0n) is 13.2. The Labute approximate surface area is 139 Å². The summed E-state index contributed by atoms with van der Waals surface area (Å²) in [5, 5.41) is 10.4. The van der Waals surface area contributed by atoms with Crippen LogP contribution >= 0.6 is 12.4 Å². The summed E-state index contributed by atoms with van der Waals surface area (Å²) in [5.74, 6) is 0.995. The SMILES string of the molecule is Cl.N=C(N)N1CCC(CNC(=O)[C@@H](N)C2CCCCC2)CC1. The van der Waals surface area contributed by atoms with E-state index in [1.165, 1.54) is 19.3 Å². The Morgan fingerprint density at radius 3 is 2.32 bits per heavy atom. The molecule has 1 amide bonds. The molecule has 0 unspecified atom stereocenters. The maximum absolute atomic E-state index is 12.2. The largest absolute Gasteiger partial charge is 0.370 e. The van der Waals surface area contributed by atoms with Crippen LogP contribution in [0.1, 0.15) is 44.9 Å². The van der Waals surface area contributed by atoms with Crippen LogP contribution in [-0.2, 0) is 4.79 Å². The Bertz CT molecular complexity index is 365. The van der Waals surface area contributed by atoms with Crippen LogP contribution in [0.3, 0.4) is 0 Å². The summed E-state index contributed by atoms with van der Waals surface area (Å²) in [7, 11) is 0. The molecule has 6 nitrogen and oxygen atoms in total. The molecule has 1 saturated heterocycles. The highest BCUT2D eigenvalue weighted by atomic mass is 35.5. The minimum Gasteiger partial charge on any atom is -0.370 e. The van der Waals surface area contributed by atoms with Crippen LogP contribution in [0, 0.1) is 17.2 Å². The van der Waals surface area contributed by atoms with Crippen molar-refractivity contribution in [2.24, 2.45) is 23.3 Å². The molecule has 0 aromatic carbocycles. The molecule has 128 valence electrons. The summed E-state index contributed by atoms with van der Waals surface area (Å²) in [6, 6.07) is -0.345. The highest BCUT2D eigenvalue weighted by Crippen LogP contribution is 2.25. The minimum absolute atomic E-state index is 0. The Hall–Kier alpha value is -1.01. The molecule has 0 aromatic rings. The summed E-state index contributed by atoms with van der Waals surface area (Å²) < 4.78 is 0. The first kappa shape index (κ1) is 19.0. The van der Waals surface area contributed by atoms with Crippen molar-refractivity contribution in [1.82, 2.24) is 10.2 Å². The van der Waals surface area contributed by atoms with Crippen LogP contribution in [0.5, 0.6) is 0 Å². The number of rotatable bonds is 4. The topological polar surface area (TPSA) is 108 Å². The number of amides is 1. The number of hydrogen-bond donors (Lipinski definition) is 4. The number of piperidine rings is 1. The van der Waals surface area contributed by atoms with Gasteiger partial charge in [0.05, 0.1) is 6.04 Å². The maximum atomic E-state index is 12.2. The molecule has 1 atom stereocenters. The molecular weight excluding hydrogens is 302 g/mol. The molecule has 2 rings (SSSR count). The van der Waals surface area contributed by atoms with E-state index in [2.05, 4.69) is 5.32 Å². The second-order valence-electron chi connectivity index (χ2n) is 6.48. The molecule has 2 aliphatic rings. The first-order valence-corrected chi connectivity index (χ1v) is 8.20. The Morgan fingerprint density at radius 2 is 1.77 bits per heavy atom. The third-order valence-electron chi connectivity index (χ3n) is 4.98. The number of halogens is 1. The van der Waals surface area contributed by atoms with Gasteiger partial charge in [0.25, 0.3) is 0 Å². The van der Waals surface area contributed by atoms with Crippen LogP contribution < -0.4 is 16.8 Å². The molecule has 1 aliphatic heterocycles. The number of carbonyl (C=O) groups excluding carboxylic acids is 1. The van der Waals surface area contributed by atoms with Gasteiger partial charge in [-0.25, -0.2) is 0 Å². The second-order valence-corrected chi connectivity index (χ2v) is 6.48. The molecule has 0 aromatic heterocycles. The molecular formula is C15H30ClN5O. The van der Waals surface area contributed by atoms with Crippen LogP contribution in [0.15, 0.2) is 0 Å². The van der Waals surface area contributed by atoms with E-state index in [-0.39, 0.29) is 30.3 Å². The second kappa shape index (κ2) is 9.20. The van der Waals surface area contributed by atoms with Crippen molar-refractivity contribution < 1.29 is 4.79 Å². The number of likely N-dealkylation sites (tertiary alicyclic amines) is 1. The first-order valence-electron chi connectivity index (χ1n) is 8.20. The van der Waals surface area contributed by atoms with E-state index in [4.69, 9.17) is 16.9 Å². The Kier molecular flexibility index (Phi) is 7.96. The quantitative estimate of drug-likeness (QED) is 0.456. The van der Waals surface area contributed by atoms with Gasteiger partial charge in [0.15, 0.2) is 5.96 Å². The van der Waals surface area contributed by atoms with Gasteiger partial charge in [0.2, 0.25) is 5.91 Å². The van der Waals surface area contributed by atoms with Gasteiger partial charge in [-0.05, 0) is 37.5 Å². The van der Waals surface area contributed by atoms with Crippen molar-refractivity contribution in [3.05, 3.63) is 0 Å². The van der Waals surface area contributed by atoms with Gasteiger partial charge in [-0.1, -0.05) is 19.3 Å². The van der Waals surface area contributed by atoms with E-state index in [9.17, 15) is 4.79 Å². The normalized spacial score (nSPS) is 21.8. The van der Waals surface area contributed by atoms with E-state index >= 15 is 0 Å². The van der Waals surface area contributed by atoms with Gasteiger partial charge < -0.3 is 21.7 Å². The highest BCUT2D eigenvalue weighted by molar-refractivity contribution is 5.85. The highest BCUT2D eigenvalue weighted by Gasteiger charge is 2.27. The van der Waals surface area contributed by atoms with Gasteiger partial charge in [0, 0.05) is 19.6 Å². The molecule has 0 spiro atoms. The predicted octanol–water partition coefficient (Wildman–Crippen LogP) is 1.04. The molecule has 22 heavy (non-hydrogen) atoms. The lowest BCUT2D eigenvalue weighted by molar-refractivity contribution is -0.124. The molecule has 7 heteroatoms. The minimum atomic E-state index is -0.345. The summed E-state index contributed by atoms with van der Waals surface area (Å²) in [6.45, 7) is 2.32. The lowest BCUT2D eigenvalue weighted by Crippen LogP contribution is -2.49. The number of nitrogens with zero attached hydrogens (tertiary/aromatic N) is 1. The smallest absolute Gasteiger partial charge is 0.237 e. The fourth-order valence-electron chi connectivity index (χ4n) is 3.45. The third kappa shape index (κ3) is 5.32. The van der Waals surface area contributed by atoms with Crippen molar-refractivity contribution >= 4 is 24.3 Å². The van der Waals surface area contributed by atoms with Gasteiger partial charge in [0.1, 0.15) is 0 Å². The molecule has 0 bridgehead atoms. The van der Waals surface area contributed by atoms with Gasteiger partial charge in [-0.3, -0.25) is 10.2 Å². The van der Waals surface area contributed by atoms with E-state index in [1.807, 2.05) is 4.90 Å². The standard InChI is InChI=1S/C15H29N5O.ClH/c16-13(12-4-2-1-3-5-12)14(21)19-10-11-6-8-20(9-7-11)15(17)18;/h11-13H,1-10,16H2,(H3,17,18)(H,19,21);1H/t13-;/m0./s1. The van der Waals surface area contributed by atoms with E-state index < -0.39 is 0 Å². The average Bonchev–Trinajstić information content (AvgIpc) is 2.53. The van der Waals surface area contributed by atoms with E-state index in [0.29, 0.717) is 18.4 Å². The zero-order chi connectivity index (χ0) is 15.2. The van der Waals surface area contributed by atoms with Crippen molar-refractivity contribution in [3.63, 3.8) is 0 Å². The van der Waals surface area contributed by atoms with Crippen molar-refractivity contribution in [2.45, 2.75) is 51.0 Å². The summed E-state index contributed by atoms with van der Waals surface area (Å²) in [6.07, 6.45) is 7.80. The summed E-state index contributed by atoms with van der Waals surface area (Å²) >= 11 is 0. The fraction of sp³-hybridized carbons (Fsp3) is 0.867. The maximum Gasteiger partial charge on any atom is 0.237 e. The molecule has 1 aliphatic carbocycles. The average molecular weight is 332 g/mol. The van der Waals surface area contributed by atoms with Crippen LogP contribution in [0.2, 0.25) is 0 Å². The van der Waals surface area contributed by atoms with Crippen LogP contribution in [0.4, 0.5) is 0 Å². The lowest BCUT2D eigenvalue weighted by atomic mass is 9.84. The number of nitrogens with two attached hydrogens (primary N) is 2. The van der Waals surface area contributed by atoms with Gasteiger partial charge in [-0.2, -0.15) is 0 Å². The van der Waals surface area contributed by atoms with Crippen molar-refractivity contribution in [1.29, 1.82) is 5.41 Å². The number of hydrogen-bond acceptors (Lipinski definition) is 3. The van der Waals surface area contributed by atoms with Crippen LogP contribution in [-0.4, -0.2) is 42.4 Å². The Morgan fingerprint density at radius 1 is 1.18 bits per heavy atom. The molecule has 2 fully saturated rings. The summed E-state index contributed by atoms with van der Waals surface area (Å²) in [4.78, 5) is 14.0. The number of carbonyl (C=O) groups is 1. The first-order chi connectivity index (χ1) is 10.1. The summed E-state index contributed by atoms with van der Waals surface area (Å²) in [5.41, 5.74) is 11.6. The fourth-order valence-corrected chi connectivity index (χ4v) is 3.45. The molecule has 6 N–H and O–H groups in total. The van der Waals surface area contributed by atoms with E-state index in [1.54, 1.807) is 0 Å². The Balaban J connectivity index is 0.00000242. The predicted molar refractivity (Wildman–Crippen MR) is 91.0 cm³/mol. The number of guanidine groups is 1. The van der Waals surface area contributed by atoms with E-state index in [0.717, 1.165) is 38.8 Å². The van der Waals surface area contributed by atoms with Crippen molar-refractivity contribution in [2.75, 3.05) is 19.6 Å². The van der Waals surface area contributed by atoms with Crippen molar-refractivity contribution in [3.8, 4) is 0 Å².